The minimum absolute atomic E-state index is 0.547. The molecule has 1 heterocycles. The highest BCUT2D eigenvalue weighted by atomic mass is 32.1. The van der Waals surface area contributed by atoms with E-state index in [2.05, 4.69) is 60.1 Å². The molecule has 2 aromatic rings. The maximum atomic E-state index is 3.66. The van der Waals surface area contributed by atoms with Crippen LogP contribution in [0.1, 0.15) is 23.8 Å². The van der Waals surface area contributed by atoms with Crippen molar-refractivity contribution in [3.8, 4) is 0 Å². The molecule has 0 aliphatic heterocycles. The molecule has 0 amide bonds. The fourth-order valence-corrected chi connectivity index (χ4v) is 2.92. The predicted molar refractivity (Wildman–Crippen MR) is 80.3 cm³/mol. The molecule has 0 aliphatic rings. The van der Waals surface area contributed by atoms with Gasteiger partial charge < -0.3 is 5.32 Å². The van der Waals surface area contributed by atoms with Gasteiger partial charge in [0.25, 0.3) is 0 Å². The van der Waals surface area contributed by atoms with E-state index in [1.807, 2.05) is 11.3 Å². The Bertz CT molecular complexity index is 422. The van der Waals surface area contributed by atoms with Gasteiger partial charge in [-0.2, -0.15) is 0 Å². The van der Waals surface area contributed by atoms with Gasteiger partial charge >= 0.3 is 0 Å². The second kappa shape index (κ2) is 7.34. The monoisotopic (exact) mass is 259 g/mol. The van der Waals surface area contributed by atoms with Crippen LogP contribution < -0.4 is 5.32 Å². The predicted octanol–water partition coefficient (Wildman–Crippen LogP) is 3.90. The van der Waals surface area contributed by atoms with E-state index in [1.54, 1.807) is 0 Å². The van der Waals surface area contributed by atoms with Crippen molar-refractivity contribution in [1.82, 2.24) is 5.32 Å². The van der Waals surface area contributed by atoms with Gasteiger partial charge in [0.05, 0.1) is 0 Å². The first-order valence-corrected chi connectivity index (χ1v) is 7.56. The molecule has 1 N–H and O–H groups in total. The molecule has 0 saturated heterocycles. The summed E-state index contributed by atoms with van der Waals surface area (Å²) in [5.41, 5.74) is 1.42. The van der Waals surface area contributed by atoms with Crippen LogP contribution in [-0.2, 0) is 12.8 Å². The normalized spacial score (nSPS) is 12.5. The van der Waals surface area contributed by atoms with Gasteiger partial charge in [-0.1, -0.05) is 43.3 Å². The molecule has 0 spiro atoms. The molecular formula is C16H21NS. The summed E-state index contributed by atoms with van der Waals surface area (Å²) in [5.74, 6) is 0. The molecule has 0 bridgehead atoms. The van der Waals surface area contributed by atoms with E-state index in [0.717, 1.165) is 19.4 Å². The fraction of sp³-hybridized carbons (Fsp3) is 0.375. The van der Waals surface area contributed by atoms with E-state index < -0.39 is 0 Å². The number of hydrogen-bond donors (Lipinski definition) is 1. The number of nitrogens with one attached hydrogen (secondary N) is 1. The number of benzene rings is 1. The smallest absolute Gasteiger partial charge is 0.0156 e. The van der Waals surface area contributed by atoms with Gasteiger partial charge in [0, 0.05) is 10.9 Å². The Morgan fingerprint density at radius 2 is 1.89 bits per heavy atom. The molecule has 0 saturated carbocycles. The minimum Gasteiger partial charge on any atom is -0.313 e. The van der Waals surface area contributed by atoms with Gasteiger partial charge in [-0.25, -0.2) is 0 Å². The summed E-state index contributed by atoms with van der Waals surface area (Å²) in [6.45, 7) is 3.32. The first-order valence-electron chi connectivity index (χ1n) is 6.68. The maximum Gasteiger partial charge on any atom is 0.0156 e. The third-order valence-electron chi connectivity index (χ3n) is 3.04. The molecule has 0 radical (unpaired) electrons. The van der Waals surface area contributed by atoms with Gasteiger partial charge in [0.2, 0.25) is 0 Å². The third kappa shape index (κ3) is 4.28. The van der Waals surface area contributed by atoms with Crippen LogP contribution >= 0.6 is 11.3 Å². The largest absolute Gasteiger partial charge is 0.313 e. The lowest BCUT2D eigenvalue weighted by Crippen LogP contribution is -2.33. The highest BCUT2D eigenvalue weighted by Gasteiger charge is 2.10. The molecule has 2 heteroatoms. The SMILES string of the molecule is CCCNC(Cc1ccccc1)Cc1cccs1. The molecule has 96 valence electrons. The van der Waals surface area contributed by atoms with Crippen molar-refractivity contribution in [2.45, 2.75) is 32.2 Å². The average Bonchev–Trinajstić information content (AvgIpc) is 2.90. The minimum atomic E-state index is 0.547. The zero-order chi connectivity index (χ0) is 12.6. The second-order valence-corrected chi connectivity index (χ2v) is 5.66. The van der Waals surface area contributed by atoms with Crippen molar-refractivity contribution in [2.75, 3.05) is 6.54 Å². The Morgan fingerprint density at radius 3 is 2.56 bits per heavy atom. The van der Waals surface area contributed by atoms with E-state index in [1.165, 1.54) is 16.9 Å². The Kier molecular flexibility index (Phi) is 5.43. The molecule has 1 unspecified atom stereocenters. The second-order valence-electron chi connectivity index (χ2n) is 4.62. The topological polar surface area (TPSA) is 12.0 Å². The van der Waals surface area contributed by atoms with Crippen LogP contribution in [-0.4, -0.2) is 12.6 Å². The van der Waals surface area contributed by atoms with Gasteiger partial charge in [-0.3, -0.25) is 0 Å². The molecule has 1 nitrogen and oxygen atoms in total. The highest BCUT2D eigenvalue weighted by molar-refractivity contribution is 7.09. The standard InChI is InChI=1S/C16H21NS/c1-2-10-17-15(13-16-9-6-11-18-16)12-14-7-4-3-5-8-14/h3-9,11,15,17H,2,10,12-13H2,1H3. The third-order valence-corrected chi connectivity index (χ3v) is 3.93. The summed E-state index contributed by atoms with van der Waals surface area (Å²) in [6.07, 6.45) is 3.43. The lowest BCUT2D eigenvalue weighted by Gasteiger charge is -2.18. The Labute approximate surface area is 114 Å². The number of rotatable bonds is 7. The lowest BCUT2D eigenvalue weighted by molar-refractivity contribution is 0.507. The van der Waals surface area contributed by atoms with Crippen molar-refractivity contribution in [1.29, 1.82) is 0 Å². The summed E-state index contributed by atoms with van der Waals surface area (Å²) in [5, 5.41) is 5.82. The molecule has 0 fully saturated rings. The average molecular weight is 259 g/mol. The molecule has 2 rings (SSSR count). The molecule has 18 heavy (non-hydrogen) atoms. The van der Waals surface area contributed by atoms with Gasteiger partial charge in [0.1, 0.15) is 0 Å². The van der Waals surface area contributed by atoms with Crippen molar-refractivity contribution in [2.24, 2.45) is 0 Å². The Balaban J connectivity index is 1.96. The van der Waals surface area contributed by atoms with Crippen molar-refractivity contribution in [3.05, 3.63) is 58.3 Å². The number of hydrogen-bond acceptors (Lipinski definition) is 2. The zero-order valence-electron chi connectivity index (χ0n) is 10.9. The van der Waals surface area contributed by atoms with E-state index in [-0.39, 0.29) is 0 Å². The van der Waals surface area contributed by atoms with Gasteiger partial charge in [0.15, 0.2) is 0 Å². The number of thiophene rings is 1. The van der Waals surface area contributed by atoms with Gasteiger partial charge in [-0.05, 0) is 42.8 Å². The molecule has 0 aliphatic carbocycles. The van der Waals surface area contributed by atoms with Crippen LogP contribution in [0.5, 0.6) is 0 Å². The maximum absolute atomic E-state index is 3.66. The first kappa shape index (κ1) is 13.3. The van der Waals surface area contributed by atoms with Crippen molar-refractivity contribution in [3.63, 3.8) is 0 Å². The highest BCUT2D eigenvalue weighted by Crippen LogP contribution is 2.14. The van der Waals surface area contributed by atoms with Crippen LogP contribution in [0.2, 0.25) is 0 Å². The summed E-state index contributed by atoms with van der Waals surface area (Å²) in [7, 11) is 0. The molecule has 1 atom stereocenters. The first-order chi connectivity index (χ1) is 8.88. The van der Waals surface area contributed by atoms with Gasteiger partial charge in [-0.15, -0.1) is 11.3 Å². The van der Waals surface area contributed by atoms with Crippen molar-refractivity contribution < 1.29 is 0 Å². The summed E-state index contributed by atoms with van der Waals surface area (Å²) < 4.78 is 0. The molecule has 1 aromatic heterocycles. The quantitative estimate of drug-likeness (QED) is 0.795. The summed E-state index contributed by atoms with van der Waals surface area (Å²) >= 11 is 1.86. The molecular weight excluding hydrogens is 238 g/mol. The van der Waals surface area contributed by atoms with E-state index in [9.17, 15) is 0 Å². The Hall–Kier alpha value is -1.12. The zero-order valence-corrected chi connectivity index (χ0v) is 11.7. The Morgan fingerprint density at radius 1 is 1.06 bits per heavy atom. The van der Waals surface area contributed by atoms with Crippen LogP contribution in [0, 0.1) is 0 Å². The summed E-state index contributed by atoms with van der Waals surface area (Å²) in [4.78, 5) is 1.47. The van der Waals surface area contributed by atoms with Crippen molar-refractivity contribution >= 4 is 11.3 Å². The van der Waals surface area contributed by atoms with E-state index in [4.69, 9.17) is 0 Å². The molecule has 1 aromatic carbocycles. The van der Waals surface area contributed by atoms with Crippen LogP contribution in [0.25, 0.3) is 0 Å². The summed E-state index contributed by atoms with van der Waals surface area (Å²) in [6, 6.07) is 15.7. The van der Waals surface area contributed by atoms with E-state index in [0.29, 0.717) is 6.04 Å². The van der Waals surface area contributed by atoms with Crippen LogP contribution in [0.3, 0.4) is 0 Å². The van der Waals surface area contributed by atoms with Crippen LogP contribution in [0.15, 0.2) is 47.8 Å². The van der Waals surface area contributed by atoms with Crippen LogP contribution in [0.4, 0.5) is 0 Å². The van der Waals surface area contributed by atoms with E-state index >= 15 is 0 Å². The lowest BCUT2D eigenvalue weighted by atomic mass is 10.0. The fourth-order valence-electron chi connectivity index (χ4n) is 2.14.